The van der Waals surface area contributed by atoms with Gasteiger partial charge in [0, 0.05) is 11.6 Å². The first-order valence-corrected chi connectivity index (χ1v) is 8.79. The molecule has 11 heteroatoms. The van der Waals surface area contributed by atoms with Crippen LogP contribution in [-0.4, -0.2) is 27.4 Å². The number of nitrogens with one attached hydrogen (secondary N) is 1. The van der Waals surface area contributed by atoms with Crippen molar-refractivity contribution in [1.29, 1.82) is 5.26 Å². The van der Waals surface area contributed by atoms with Gasteiger partial charge in [-0.2, -0.15) is 10.3 Å². The van der Waals surface area contributed by atoms with E-state index in [1.807, 2.05) is 11.6 Å². The van der Waals surface area contributed by atoms with Crippen LogP contribution < -0.4 is 16.8 Å². The monoisotopic (exact) mass is 352 g/mol. The molecular formula is C11H12N8S3. The molecule has 0 aliphatic rings. The zero-order valence-electron chi connectivity index (χ0n) is 11.5. The number of aromatic nitrogens is 2. The quantitative estimate of drug-likeness (QED) is 0.430. The molecule has 0 aliphatic carbocycles. The van der Waals surface area contributed by atoms with Crippen LogP contribution in [0.4, 0.5) is 5.13 Å². The molecule has 0 saturated heterocycles. The number of nitrogens with two attached hydrogens (primary N) is 2. The number of amidine groups is 1. The zero-order chi connectivity index (χ0) is 15.9. The second-order valence-electron chi connectivity index (χ2n) is 3.74. The molecule has 0 radical (unpaired) electrons. The molecule has 2 heterocycles. The minimum Gasteiger partial charge on any atom is -0.370 e. The van der Waals surface area contributed by atoms with Gasteiger partial charge in [0.05, 0.1) is 17.1 Å². The van der Waals surface area contributed by atoms with Gasteiger partial charge in [-0.15, -0.1) is 27.7 Å². The van der Waals surface area contributed by atoms with E-state index in [1.54, 1.807) is 12.4 Å². The minimum absolute atomic E-state index is 0.0172. The highest BCUT2D eigenvalue weighted by Crippen LogP contribution is 2.30. The van der Waals surface area contributed by atoms with Crippen molar-refractivity contribution >= 4 is 50.7 Å². The van der Waals surface area contributed by atoms with Gasteiger partial charge in [-0.1, -0.05) is 11.8 Å². The highest BCUT2D eigenvalue weighted by atomic mass is 32.2. The number of nitriles is 1. The van der Waals surface area contributed by atoms with Crippen LogP contribution in [0.25, 0.3) is 10.6 Å². The maximum Gasteiger partial charge on any atom is 0.212 e. The maximum absolute atomic E-state index is 8.54. The van der Waals surface area contributed by atoms with Crippen LogP contribution in [0.5, 0.6) is 0 Å². The lowest BCUT2D eigenvalue weighted by atomic mass is 10.4. The molecule has 2 aromatic heterocycles. The zero-order valence-corrected chi connectivity index (χ0v) is 13.9. The number of guanidine groups is 1. The van der Waals surface area contributed by atoms with E-state index in [1.165, 1.54) is 34.4 Å². The second kappa shape index (κ2) is 7.74. The Labute approximate surface area is 139 Å². The third kappa shape index (κ3) is 4.42. The highest BCUT2D eigenvalue weighted by molar-refractivity contribution is 8.13. The van der Waals surface area contributed by atoms with Gasteiger partial charge in [0.15, 0.2) is 11.1 Å². The Morgan fingerprint density at radius 2 is 2.36 bits per heavy atom. The number of thioether (sulfide) groups is 1. The Kier molecular flexibility index (Phi) is 5.70. The summed E-state index contributed by atoms with van der Waals surface area (Å²) in [7, 11) is 0. The summed E-state index contributed by atoms with van der Waals surface area (Å²) in [6, 6.07) is 0. The van der Waals surface area contributed by atoms with Crippen molar-refractivity contribution in [3.63, 3.8) is 0 Å². The summed E-state index contributed by atoms with van der Waals surface area (Å²) in [5, 5.41) is 15.4. The van der Waals surface area contributed by atoms with Gasteiger partial charge in [-0.3, -0.25) is 0 Å². The van der Waals surface area contributed by atoms with Gasteiger partial charge in [0.1, 0.15) is 5.01 Å². The third-order valence-electron chi connectivity index (χ3n) is 2.26. The van der Waals surface area contributed by atoms with Crippen molar-refractivity contribution in [2.75, 3.05) is 6.26 Å². The van der Waals surface area contributed by atoms with Crippen LogP contribution in [0.3, 0.4) is 0 Å². The molecule has 22 heavy (non-hydrogen) atoms. The molecule has 0 spiro atoms. The predicted molar refractivity (Wildman–Crippen MR) is 92.1 cm³/mol. The first-order chi connectivity index (χ1) is 10.6. The average Bonchev–Trinajstić information content (AvgIpc) is 3.11. The van der Waals surface area contributed by atoms with E-state index in [0.29, 0.717) is 16.8 Å². The Hall–Kier alpha value is -2.16. The molecule has 0 amide bonds. The Morgan fingerprint density at radius 3 is 3.05 bits per heavy atom. The number of rotatable bonds is 4. The molecule has 2 aromatic rings. The Balaban J connectivity index is 2.05. The molecule has 0 unspecified atom stereocenters. The van der Waals surface area contributed by atoms with Gasteiger partial charge in [-0.05, 0) is 6.26 Å². The highest BCUT2D eigenvalue weighted by Gasteiger charge is 2.09. The third-order valence-corrected chi connectivity index (χ3v) is 4.64. The van der Waals surface area contributed by atoms with E-state index in [0.717, 1.165) is 15.6 Å². The van der Waals surface area contributed by atoms with E-state index in [9.17, 15) is 0 Å². The molecule has 114 valence electrons. The van der Waals surface area contributed by atoms with Crippen LogP contribution in [0.2, 0.25) is 0 Å². The summed E-state index contributed by atoms with van der Waals surface area (Å²) >= 11 is 4.23. The normalized spacial score (nSPS) is 11.0. The van der Waals surface area contributed by atoms with Crippen LogP contribution in [0, 0.1) is 11.5 Å². The van der Waals surface area contributed by atoms with Gasteiger partial charge in [0.2, 0.25) is 11.3 Å². The summed E-state index contributed by atoms with van der Waals surface area (Å²) in [4.78, 5) is 17.1. The first kappa shape index (κ1) is 16.2. The molecule has 0 aliphatic heterocycles. The second-order valence-corrected chi connectivity index (χ2v) is 6.49. The summed E-state index contributed by atoms with van der Waals surface area (Å²) in [5.74, 6) is -0.0172. The summed E-state index contributed by atoms with van der Waals surface area (Å²) < 4.78 is 0. The number of nitrogens with zero attached hydrogens (tertiary/aromatic N) is 5. The summed E-state index contributed by atoms with van der Waals surface area (Å²) in [6.07, 6.45) is 5.34. The lowest BCUT2D eigenvalue weighted by Crippen LogP contribution is -2.21. The van der Waals surface area contributed by atoms with Gasteiger partial charge in [0.25, 0.3) is 0 Å². The van der Waals surface area contributed by atoms with E-state index < -0.39 is 0 Å². The predicted octanol–water partition coefficient (Wildman–Crippen LogP) is 1.46. The minimum atomic E-state index is -0.0172. The van der Waals surface area contributed by atoms with Crippen LogP contribution in [-0.2, 0) is 6.54 Å². The number of aliphatic imine (C=N–C) groups is 2. The molecule has 8 nitrogen and oxygen atoms in total. The Bertz CT molecular complexity index is 735. The molecule has 0 aromatic carbocycles. The van der Waals surface area contributed by atoms with Crippen LogP contribution in [0.1, 0.15) is 5.01 Å². The van der Waals surface area contributed by atoms with E-state index >= 15 is 0 Å². The molecule has 2 rings (SSSR count). The summed E-state index contributed by atoms with van der Waals surface area (Å²) in [5.41, 5.74) is 11.4. The van der Waals surface area contributed by atoms with Crippen molar-refractivity contribution in [3.05, 3.63) is 16.6 Å². The van der Waals surface area contributed by atoms with Crippen LogP contribution in [0.15, 0.2) is 21.6 Å². The molecule has 0 atom stereocenters. The maximum atomic E-state index is 8.54. The van der Waals surface area contributed by atoms with Gasteiger partial charge < -0.3 is 16.8 Å². The Morgan fingerprint density at radius 1 is 1.55 bits per heavy atom. The van der Waals surface area contributed by atoms with E-state index in [-0.39, 0.29) is 5.96 Å². The fraction of sp³-hybridized carbons (Fsp3) is 0.182. The average molecular weight is 352 g/mol. The summed E-state index contributed by atoms with van der Waals surface area (Å²) in [6.45, 7) is 0.497. The fourth-order valence-electron chi connectivity index (χ4n) is 1.40. The largest absolute Gasteiger partial charge is 0.370 e. The van der Waals surface area contributed by atoms with E-state index in [2.05, 4.69) is 25.3 Å². The number of hydrogen-bond donors (Lipinski definition) is 3. The van der Waals surface area contributed by atoms with Crippen LogP contribution >= 0.6 is 34.4 Å². The van der Waals surface area contributed by atoms with Crippen molar-refractivity contribution in [1.82, 2.24) is 15.3 Å². The van der Waals surface area contributed by atoms with E-state index in [4.69, 9.17) is 16.7 Å². The van der Waals surface area contributed by atoms with Gasteiger partial charge >= 0.3 is 0 Å². The van der Waals surface area contributed by atoms with Gasteiger partial charge in [-0.25, -0.2) is 9.97 Å². The number of thiazole rings is 2. The molecular weight excluding hydrogens is 340 g/mol. The molecule has 0 bridgehead atoms. The molecule has 0 fully saturated rings. The van der Waals surface area contributed by atoms with Crippen molar-refractivity contribution < 1.29 is 0 Å². The molecule has 5 N–H and O–H groups in total. The SMILES string of the molecule is CSC(=NC#N)NCc1ncc(-c2csc(N=C(N)N)n2)s1. The lowest BCUT2D eigenvalue weighted by Gasteiger charge is -2.02. The number of hydrogen-bond acceptors (Lipinski definition) is 8. The standard InChI is InChI=1S/C11H12N8S3/c1-20-10(17-5-12)16-3-8-15-2-7(22-8)6-4-21-11(18-6)19-9(13)14/h2,4H,3H2,1H3,(H,16,17)(H4,13,14,18,19). The lowest BCUT2D eigenvalue weighted by molar-refractivity contribution is 0.913. The fourth-order valence-corrected chi connectivity index (χ4v) is 3.35. The topological polar surface area (TPSA) is 138 Å². The van der Waals surface area contributed by atoms with Crippen molar-refractivity contribution in [2.45, 2.75) is 6.54 Å². The first-order valence-electron chi connectivity index (χ1n) is 5.87. The van der Waals surface area contributed by atoms with Crippen molar-refractivity contribution in [3.8, 4) is 16.8 Å². The molecule has 0 saturated carbocycles. The smallest absolute Gasteiger partial charge is 0.212 e. The van der Waals surface area contributed by atoms with Crippen molar-refractivity contribution in [2.24, 2.45) is 21.5 Å².